The van der Waals surface area contributed by atoms with Crippen LogP contribution in [-0.4, -0.2) is 10.6 Å². The standard InChI is InChI=1S/C16H14ClN3O3/c1-20-13-8-10(2-7-14(13)23-16(20)22)9-18-15(21)19-12-5-3-11(17)4-6-12/h2-8H,9H2,1H3,(H2,18,19,21). The summed E-state index contributed by atoms with van der Waals surface area (Å²) < 4.78 is 6.49. The van der Waals surface area contributed by atoms with Crippen molar-refractivity contribution in [1.82, 2.24) is 9.88 Å². The lowest BCUT2D eigenvalue weighted by atomic mass is 10.2. The van der Waals surface area contributed by atoms with E-state index in [4.69, 9.17) is 16.0 Å². The lowest BCUT2D eigenvalue weighted by molar-refractivity contribution is 0.251. The first-order chi connectivity index (χ1) is 11.0. The number of benzene rings is 2. The molecule has 0 saturated heterocycles. The van der Waals surface area contributed by atoms with Gasteiger partial charge in [-0.05, 0) is 42.0 Å². The molecular formula is C16H14ClN3O3. The molecule has 3 aromatic rings. The maximum absolute atomic E-state index is 11.9. The van der Waals surface area contributed by atoms with Gasteiger partial charge in [-0.15, -0.1) is 0 Å². The average molecular weight is 332 g/mol. The summed E-state index contributed by atoms with van der Waals surface area (Å²) in [6, 6.07) is 11.8. The monoisotopic (exact) mass is 331 g/mol. The van der Waals surface area contributed by atoms with Crippen LogP contribution in [0.25, 0.3) is 11.1 Å². The number of oxazole rings is 1. The molecule has 0 aliphatic rings. The second-order valence-electron chi connectivity index (χ2n) is 5.04. The zero-order valence-electron chi connectivity index (χ0n) is 12.3. The maximum Gasteiger partial charge on any atom is 0.419 e. The quantitative estimate of drug-likeness (QED) is 0.774. The largest absolute Gasteiger partial charge is 0.419 e. The third-order valence-corrected chi connectivity index (χ3v) is 3.66. The third-order valence-electron chi connectivity index (χ3n) is 3.41. The number of carbonyl (C=O) groups excluding carboxylic acids is 1. The summed E-state index contributed by atoms with van der Waals surface area (Å²) in [7, 11) is 1.64. The van der Waals surface area contributed by atoms with E-state index in [2.05, 4.69) is 10.6 Å². The van der Waals surface area contributed by atoms with Crippen LogP contribution in [0.15, 0.2) is 51.7 Å². The van der Waals surface area contributed by atoms with Gasteiger partial charge in [0.05, 0.1) is 5.52 Å². The zero-order valence-corrected chi connectivity index (χ0v) is 13.1. The minimum absolute atomic E-state index is 0.325. The number of amides is 2. The van der Waals surface area contributed by atoms with Crippen LogP contribution in [0.3, 0.4) is 0 Å². The Morgan fingerprint density at radius 3 is 2.70 bits per heavy atom. The van der Waals surface area contributed by atoms with Gasteiger partial charge in [0, 0.05) is 24.3 Å². The fourth-order valence-corrected chi connectivity index (χ4v) is 2.30. The summed E-state index contributed by atoms with van der Waals surface area (Å²) in [5.74, 6) is -0.411. The summed E-state index contributed by atoms with van der Waals surface area (Å²) in [4.78, 5) is 23.3. The van der Waals surface area contributed by atoms with Gasteiger partial charge in [-0.2, -0.15) is 0 Å². The summed E-state index contributed by atoms with van der Waals surface area (Å²) in [6.45, 7) is 0.328. The van der Waals surface area contributed by atoms with Crippen LogP contribution < -0.4 is 16.4 Å². The van der Waals surface area contributed by atoms with E-state index < -0.39 is 5.76 Å². The van der Waals surface area contributed by atoms with Gasteiger partial charge in [0.25, 0.3) is 0 Å². The number of hydrogen-bond acceptors (Lipinski definition) is 3. The summed E-state index contributed by atoms with van der Waals surface area (Å²) in [5, 5.41) is 6.07. The molecule has 0 aliphatic heterocycles. The predicted octanol–water partition coefficient (Wildman–Crippen LogP) is 3.11. The van der Waals surface area contributed by atoms with Crippen LogP contribution in [0.4, 0.5) is 10.5 Å². The first kappa shape index (κ1) is 15.2. The second kappa shape index (κ2) is 6.18. The molecule has 1 aromatic heterocycles. The number of halogens is 1. The maximum atomic E-state index is 11.9. The van der Waals surface area contributed by atoms with Crippen molar-refractivity contribution in [3.63, 3.8) is 0 Å². The molecule has 2 aromatic carbocycles. The summed E-state index contributed by atoms with van der Waals surface area (Å²) in [6.07, 6.45) is 0. The van der Waals surface area contributed by atoms with E-state index >= 15 is 0 Å². The second-order valence-corrected chi connectivity index (χ2v) is 5.48. The Kier molecular flexibility index (Phi) is 4.08. The first-order valence-corrected chi connectivity index (χ1v) is 7.29. The molecule has 0 atom stereocenters. The minimum Gasteiger partial charge on any atom is -0.408 e. The van der Waals surface area contributed by atoms with Crippen LogP contribution >= 0.6 is 11.6 Å². The molecule has 0 aliphatic carbocycles. The van der Waals surface area contributed by atoms with Crippen LogP contribution in [0.2, 0.25) is 5.02 Å². The lowest BCUT2D eigenvalue weighted by Crippen LogP contribution is -2.28. The molecule has 0 radical (unpaired) electrons. The van der Waals surface area contributed by atoms with Gasteiger partial charge >= 0.3 is 11.8 Å². The van der Waals surface area contributed by atoms with Crippen molar-refractivity contribution in [2.45, 2.75) is 6.54 Å². The Morgan fingerprint density at radius 2 is 1.96 bits per heavy atom. The van der Waals surface area contributed by atoms with Crippen LogP contribution in [0, 0.1) is 0 Å². The normalized spacial score (nSPS) is 10.7. The number of aryl methyl sites for hydroxylation is 1. The zero-order chi connectivity index (χ0) is 16.4. The number of aromatic nitrogens is 1. The van der Waals surface area contributed by atoms with Crippen LogP contribution in [0.1, 0.15) is 5.56 Å². The number of rotatable bonds is 3. The first-order valence-electron chi connectivity index (χ1n) is 6.92. The Bertz CT molecular complexity index is 912. The predicted molar refractivity (Wildman–Crippen MR) is 88.8 cm³/mol. The Balaban J connectivity index is 1.65. The molecule has 1 heterocycles. The molecule has 0 fully saturated rings. The molecule has 0 spiro atoms. The molecule has 0 unspecified atom stereocenters. The Labute approximate surface area is 136 Å². The molecule has 118 valence electrons. The van der Waals surface area contributed by atoms with Gasteiger partial charge < -0.3 is 15.1 Å². The van der Waals surface area contributed by atoms with Crippen molar-refractivity contribution < 1.29 is 9.21 Å². The van der Waals surface area contributed by atoms with Crippen LogP contribution in [0.5, 0.6) is 0 Å². The molecule has 23 heavy (non-hydrogen) atoms. The van der Waals surface area contributed by atoms with Crippen molar-refractivity contribution in [3.8, 4) is 0 Å². The number of fused-ring (bicyclic) bond motifs is 1. The third kappa shape index (κ3) is 3.37. The number of hydrogen-bond donors (Lipinski definition) is 2. The lowest BCUT2D eigenvalue weighted by Gasteiger charge is -2.08. The van der Waals surface area contributed by atoms with Gasteiger partial charge in [-0.1, -0.05) is 17.7 Å². The number of urea groups is 1. The fourth-order valence-electron chi connectivity index (χ4n) is 2.17. The van der Waals surface area contributed by atoms with Crippen molar-refractivity contribution >= 4 is 34.4 Å². The van der Waals surface area contributed by atoms with Gasteiger partial charge in [-0.25, -0.2) is 9.59 Å². The van der Waals surface area contributed by atoms with Crippen molar-refractivity contribution in [2.75, 3.05) is 5.32 Å². The molecule has 2 N–H and O–H groups in total. The van der Waals surface area contributed by atoms with Gasteiger partial charge in [0.2, 0.25) is 0 Å². The van der Waals surface area contributed by atoms with Crippen LogP contribution in [-0.2, 0) is 13.6 Å². The topological polar surface area (TPSA) is 76.3 Å². The van der Waals surface area contributed by atoms with E-state index in [9.17, 15) is 9.59 Å². The van der Waals surface area contributed by atoms with Crippen molar-refractivity contribution in [2.24, 2.45) is 7.05 Å². The highest BCUT2D eigenvalue weighted by Crippen LogP contribution is 2.15. The van der Waals surface area contributed by atoms with Crippen molar-refractivity contribution in [3.05, 3.63) is 63.6 Å². The fraction of sp³-hybridized carbons (Fsp3) is 0.125. The number of nitrogens with one attached hydrogen (secondary N) is 2. The molecule has 6 nitrogen and oxygen atoms in total. The highest BCUT2D eigenvalue weighted by atomic mass is 35.5. The summed E-state index contributed by atoms with van der Waals surface area (Å²) in [5.41, 5.74) is 2.72. The average Bonchev–Trinajstić information content (AvgIpc) is 2.82. The Morgan fingerprint density at radius 1 is 1.22 bits per heavy atom. The van der Waals surface area contributed by atoms with Gasteiger partial charge in [0.1, 0.15) is 0 Å². The minimum atomic E-state index is -0.411. The highest BCUT2D eigenvalue weighted by Gasteiger charge is 2.07. The molecule has 0 bridgehead atoms. The molecular weight excluding hydrogens is 318 g/mol. The highest BCUT2D eigenvalue weighted by molar-refractivity contribution is 6.30. The van der Waals surface area contributed by atoms with Gasteiger partial charge in [-0.3, -0.25) is 4.57 Å². The van der Waals surface area contributed by atoms with E-state index in [0.29, 0.717) is 28.4 Å². The van der Waals surface area contributed by atoms with E-state index in [1.54, 1.807) is 43.4 Å². The molecule has 2 amide bonds. The molecule has 3 rings (SSSR count). The van der Waals surface area contributed by atoms with E-state index in [1.807, 2.05) is 6.07 Å². The SMILES string of the molecule is Cn1c(=O)oc2ccc(CNC(=O)Nc3ccc(Cl)cc3)cc21. The Hall–Kier alpha value is -2.73. The van der Waals surface area contributed by atoms with Crippen molar-refractivity contribution in [1.29, 1.82) is 0 Å². The molecule has 0 saturated carbocycles. The van der Waals surface area contributed by atoms with E-state index in [0.717, 1.165) is 5.56 Å². The smallest absolute Gasteiger partial charge is 0.408 e. The number of carbonyl (C=O) groups is 1. The number of anilines is 1. The van der Waals surface area contributed by atoms with E-state index in [1.165, 1.54) is 4.57 Å². The summed E-state index contributed by atoms with van der Waals surface area (Å²) >= 11 is 5.79. The van der Waals surface area contributed by atoms with Gasteiger partial charge in [0.15, 0.2) is 5.58 Å². The molecule has 7 heteroatoms. The number of nitrogens with zero attached hydrogens (tertiary/aromatic N) is 1. The van der Waals surface area contributed by atoms with E-state index in [-0.39, 0.29) is 6.03 Å².